The van der Waals surface area contributed by atoms with E-state index in [0.717, 1.165) is 13.0 Å². The van der Waals surface area contributed by atoms with Crippen molar-refractivity contribution < 1.29 is 5.11 Å². The van der Waals surface area contributed by atoms with Gasteiger partial charge in [-0.1, -0.05) is 37.3 Å². The van der Waals surface area contributed by atoms with Crippen molar-refractivity contribution in [3.8, 4) is 0 Å². The average Bonchev–Trinajstić information content (AvgIpc) is 2.21. The van der Waals surface area contributed by atoms with Crippen molar-refractivity contribution in [1.29, 1.82) is 0 Å². The van der Waals surface area contributed by atoms with Crippen LogP contribution < -0.4 is 0 Å². The Bertz CT molecular complexity index is 244. The fraction of sp³-hybridized carbons (Fsp3) is 0.500. The van der Waals surface area contributed by atoms with E-state index in [2.05, 4.69) is 31.0 Å². The highest BCUT2D eigenvalue weighted by Crippen LogP contribution is 2.07. The average molecular weight is 193 g/mol. The van der Waals surface area contributed by atoms with Gasteiger partial charge in [0.25, 0.3) is 0 Å². The third-order valence-electron chi connectivity index (χ3n) is 2.58. The molecule has 1 rings (SSSR count). The van der Waals surface area contributed by atoms with Gasteiger partial charge in [0.05, 0.1) is 6.61 Å². The molecule has 0 radical (unpaired) electrons. The van der Waals surface area contributed by atoms with E-state index in [1.807, 2.05) is 18.2 Å². The minimum atomic E-state index is 0.236. The van der Waals surface area contributed by atoms with Crippen LogP contribution in [-0.2, 0) is 6.54 Å². The van der Waals surface area contributed by atoms with Crippen LogP contribution in [0.15, 0.2) is 30.3 Å². The first kappa shape index (κ1) is 11.2. The summed E-state index contributed by atoms with van der Waals surface area (Å²) in [5.74, 6) is 0. The fourth-order valence-electron chi connectivity index (χ4n) is 1.58. The molecular formula is C12H19NO. The Hall–Kier alpha value is -0.860. The summed E-state index contributed by atoms with van der Waals surface area (Å²) in [6.07, 6.45) is 0.986. The first-order chi connectivity index (χ1) is 6.77. The second-order valence-corrected chi connectivity index (χ2v) is 3.65. The minimum absolute atomic E-state index is 0.236. The van der Waals surface area contributed by atoms with Crippen molar-refractivity contribution in [3.63, 3.8) is 0 Å². The molecule has 1 unspecified atom stereocenters. The van der Waals surface area contributed by atoms with Gasteiger partial charge in [-0.15, -0.1) is 0 Å². The van der Waals surface area contributed by atoms with Gasteiger partial charge in [0.15, 0.2) is 0 Å². The Morgan fingerprint density at radius 2 is 1.93 bits per heavy atom. The molecule has 0 spiro atoms. The molecule has 0 saturated carbocycles. The lowest BCUT2D eigenvalue weighted by molar-refractivity contribution is 0.138. The molecule has 0 heterocycles. The minimum Gasteiger partial charge on any atom is -0.395 e. The molecule has 0 amide bonds. The van der Waals surface area contributed by atoms with Crippen LogP contribution >= 0.6 is 0 Å². The van der Waals surface area contributed by atoms with Crippen molar-refractivity contribution in [2.24, 2.45) is 0 Å². The van der Waals surface area contributed by atoms with Crippen molar-refractivity contribution in [2.75, 3.05) is 13.7 Å². The molecular weight excluding hydrogens is 174 g/mol. The zero-order chi connectivity index (χ0) is 10.4. The highest BCUT2D eigenvalue weighted by atomic mass is 16.3. The van der Waals surface area contributed by atoms with Crippen LogP contribution in [0.25, 0.3) is 0 Å². The molecule has 0 bridgehead atoms. The molecule has 0 aliphatic carbocycles. The lowest BCUT2D eigenvalue weighted by Gasteiger charge is -2.25. The van der Waals surface area contributed by atoms with Crippen LogP contribution in [0.5, 0.6) is 0 Å². The van der Waals surface area contributed by atoms with Gasteiger partial charge in [-0.25, -0.2) is 0 Å². The molecule has 0 aliphatic heterocycles. The Labute approximate surface area is 86.2 Å². The van der Waals surface area contributed by atoms with Crippen molar-refractivity contribution in [3.05, 3.63) is 35.9 Å². The van der Waals surface area contributed by atoms with Crippen molar-refractivity contribution >= 4 is 0 Å². The molecule has 0 saturated heterocycles. The summed E-state index contributed by atoms with van der Waals surface area (Å²) in [5.41, 5.74) is 1.29. The molecule has 0 aromatic heterocycles. The second kappa shape index (κ2) is 5.78. The van der Waals surface area contributed by atoms with E-state index in [9.17, 15) is 0 Å². The van der Waals surface area contributed by atoms with Gasteiger partial charge in [0, 0.05) is 12.6 Å². The van der Waals surface area contributed by atoms with E-state index < -0.39 is 0 Å². The Kier molecular flexibility index (Phi) is 4.63. The predicted molar refractivity (Wildman–Crippen MR) is 59.1 cm³/mol. The molecule has 1 atom stereocenters. The number of aliphatic hydroxyl groups is 1. The van der Waals surface area contributed by atoms with E-state index in [-0.39, 0.29) is 12.6 Å². The summed E-state index contributed by atoms with van der Waals surface area (Å²) in [6.45, 7) is 3.24. The molecule has 1 aromatic carbocycles. The number of hydrogen-bond donors (Lipinski definition) is 1. The third kappa shape index (κ3) is 3.13. The van der Waals surface area contributed by atoms with Gasteiger partial charge in [-0.05, 0) is 19.0 Å². The van der Waals surface area contributed by atoms with E-state index in [1.54, 1.807) is 0 Å². The van der Waals surface area contributed by atoms with E-state index in [0.29, 0.717) is 0 Å². The molecule has 78 valence electrons. The lowest BCUT2D eigenvalue weighted by Crippen LogP contribution is -2.33. The zero-order valence-corrected chi connectivity index (χ0v) is 8.98. The molecule has 14 heavy (non-hydrogen) atoms. The van der Waals surface area contributed by atoms with Crippen molar-refractivity contribution in [2.45, 2.75) is 25.9 Å². The monoisotopic (exact) mass is 193 g/mol. The lowest BCUT2D eigenvalue weighted by atomic mass is 10.1. The summed E-state index contributed by atoms with van der Waals surface area (Å²) in [4.78, 5) is 2.19. The van der Waals surface area contributed by atoms with E-state index in [4.69, 9.17) is 5.11 Å². The Morgan fingerprint density at radius 3 is 2.43 bits per heavy atom. The molecule has 0 aliphatic rings. The molecule has 1 N–H and O–H groups in total. The summed E-state index contributed by atoms with van der Waals surface area (Å²) in [7, 11) is 2.05. The third-order valence-corrected chi connectivity index (χ3v) is 2.58. The molecule has 1 aromatic rings. The van der Waals surface area contributed by atoms with Crippen LogP contribution in [0.3, 0.4) is 0 Å². The van der Waals surface area contributed by atoms with Crippen LogP contribution in [0.1, 0.15) is 18.9 Å². The molecule has 2 nitrogen and oxygen atoms in total. The molecule has 2 heteroatoms. The van der Waals surface area contributed by atoms with Gasteiger partial charge in [-0.3, -0.25) is 4.90 Å². The standard InChI is InChI=1S/C12H19NO/c1-3-12(10-14)13(2)9-11-7-5-4-6-8-11/h4-8,12,14H,3,9-10H2,1-2H3. The Balaban J connectivity index is 2.52. The van der Waals surface area contributed by atoms with Crippen LogP contribution in [0.4, 0.5) is 0 Å². The topological polar surface area (TPSA) is 23.5 Å². The van der Waals surface area contributed by atoms with Gasteiger partial charge in [0.2, 0.25) is 0 Å². The number of rotatable bonds is 5. The number of hydrogen-bond acceptors (Lipinski definition) is 2. The van der Waals surface area contributed by atoms with E-state index >= 15 is 0 Å². The van der Waals surface area contributed by atoms with Gasteiger partial charge >= 0.3 is 0 Å². The number of aliphatic hydroxyl groups excluding tert-OH is 1. The fourth-order valence-corrected chi connectivity index (χ4v) is 1.58. The smallest absolute Gasteiger partial charge is 0.0586 e. The van der Waals surface area contributed by atoms with Gasteiger partial charge < -0.3 is 5.11 Å². The van der Waals surface area contributed by atoms with Crippen LogP contribution in [0, 0.1) is 0 Å². The van der Waals surface area contributed by atoms with Crippen LogP contribution in [-0.4, -0.2) is 29.7 Å². The maximum Gasteiger partial charge on any atom is 0.0586 e. The summed E-state index contributed by atoms with van der Waals surface area (Å²) >= 11 is 0. The van der Waals surface area contributed by atoms with Gasteiger partial charge in [-0.2, -0.15) is 0 Å². The Morgan fingerprint density at radius 1 is 1.29 bits per heavy atom. The number of nitrogens with zero attached hydrogens (tertiary/aromatic N) is 1. The largest absolute Gasteiger partial charge is 0.395 e. The summed E-state index contributed by atoms with van der Waals surface area (Å²) < 4.78 is 0. The summed E-state index contributed by atoms with van der Waals surface area (Å²) in [6, 6.07) is 10.6. The number of likely N-dealkylation sites (N-methyl/N-ethyl adjacent to an activating group) is 1. The quantitative estimate of drug-likeness (QED) is 0.772. The first-order valence-corrected chi connectivity index (χ1v) is 5.13. The predicted octanol–water partition coefficient (Wildman–Crippen LogP) is 1.89. The zero-order valence-electron chi connectivity index (χ0n) is 8.98. The van der Waals surface area contributed by atoms with E-state index in [1.165, 1.54) is 5.56 Å². The molecule has 0 fully saturated rings. The van der Waals surface area contributed by atoms with Gasteiger partial charge in [0.1, 0.15) is 0 Å². The number of benzene rings is 1. The summed E-state index contributed by atoms with van der Waals surface area (Å²) in [5, 5.41) is 9.13. The highest BCUT2D eigenvalue weighted by Gasteiger charge is 2.10. The maximum absolute atomic E-state index is 9.13. The SMILES string of the molecule is CCC(CO)N(C)Cc1ccccc1. The van der Waals surface area contributed by atoms with Crippen molar-refractivity contribution in [1.82, 2.24) is 4.90 Å². The first-order valence-electron chi connectivity index (χ1n) is 5.13. The normalized spacial score (nSPS) is 13.1. The second-order valence-electron chi connectivity index (χ2n) is 3.65. The maximum atomic E-state index is 9.13. The highest BCUT2D eigenvalue weighted by molar-refractivity contribution is 5.14. The van der Waals surface area contributed by atoms with Crippen LogP contribution in [0.2, 0.25) is 0 Å².